The Morgan fingerprint density at radius 2 is 1.90 bits per heavy atom. The van der Waals surface area contributed by atoms with Crippen LogP contribution in [0.25, 0.3) is 0 Å². The normalized spacial score (nSPS) is 23.1. The maximum atomic E-state index is 8.39. The van der Waals surface area contributed by atoms with Gasteiger partial charge in [-0.05, 0) is 68.7 Å². The molecule has 4 heterocycles. The molecule has 0 radical (unpaired) electrons. The lowest BCUT2D eigenvalue weighted by atomic mass is 9.78. The molecule has 2 aromatic rings. The number of methoxy groups -OCH3 is 1. The summed E-state index contributed by atoms with van der Waals surface area (Å²) in [6.45, 7) is 7.00. The lowest BCUT2D eigenvalue weighted by Gasteiger charge is -2.46. The molecule has 0 saturated carbocycles. The number of likely N-dealkylation sites (tertiary alicyclic amines) is 1. The second-order valence-corrected chi connectivity index (χ2v) is 8.77. The first kappa shape index (κ1) is 20.7. The molecule has 0 amide bonds. The number of benzene rings is 2. The highest BCUT2D eigenvalue weighted by molar-refractivity contribution is 5.52. The molecule has 2 aromatic carbocycles. The number of hydrogen-bond donors (Lipinski definition) is 0. The van der Waals surface area contributed by atoms with Gasteiger partial charge in [-0.15, -0.1) is 0 Å². The smallest absolute Gasteiger partial charge is 0.172 e. The monoisotopic (exact) mass is 405 g/mol. The minimum atomic E-state index is -0.354. The van der Waals surface area contributed by atoms with E-state index in [-0.39, 0.29) is 5.60 Å². The molecule has 0 aliphatic carbocycles. The van der Waals surface area contributed by atoms with Gasteiger partial charge in [0.1, 0.15) is 11.5 Å². The van der Waals surface area contributed by atoms with E-state index in [9.17, 15) is 0 Å². The molecule has 0 N–H and O–H groups in total. The van der Waals surface area contributed by atoms with E-state index in [1.807, 2.05) is 12.1 Å². The SMILES string of the molecule is CC1CCN(CC#N)CC1.COc1ccc(C23CN(C)Cc4cc(ccc42)O3)cc1. The van der Waals surface area contributed by atoms with Gasteiger partial charge in [0.05, 0.1) is 19.7 Å². The summed E-state index contributed by atoms with van der Waals surface area (Å²) in [5.74, 6) is 2.72. The van der Waals surface area contributed by atoms with E-state index in [1.54, 1.807) is 7.11 Å². The van der Waals surface area contributed by atoms with Gasteiger partial charge in [0.25, 0.3) is 0 Å². The standard InChI is InChI=1S/C17H17NO2.C8H14N2/c1-18-10-12-9-15-7-8-16(12)17(11-18,20-15)13-3-5-14(19-2)6-4-13;1-8-2-5-10(6-3-8)7-4-9/h3-9H,10-11H2,1-2H3;8H,2-3,5-7H2,1H3. The minimum absolute atomic E-state index is 0.354. The van der Waals surface area contributed by atoms with E-state index in [1.165, 1.54) is 29.5 Å². The fourth-order valence-corrected chi connectivity index (χ4v) is 4.74. The van der Waals surface area contributed by atoms with Crippen LogP contribution in [0, 0.1) is 17.2 Å². The van der Waals surface area contributed by atoms with Crippen LogP contribution in [0.5, 0.6) is 11.5 Å². The van der Waals surface area contributed by atoms with Crippen molar-refractivity contribution < 1.29 is 9.47 Å². The average Bonchev–Trinajstić information content (AvgIpc) is 2.76. The maximum Gasteiger partial charge on any atom is 0.172 e. The number of likely N-dealkylation sites (N-methyl/N-ethyl adjacent to an activating group) is 1. The van der Waals surface area contributed by atoms with Gasteiger partial charge in [-0.25, -0.2) is 0 Å². The van der Waals surface area contributed by atoms with E-state index in [0.717, 1.165) is 43.6 Å². The Balaban J connectivity index is 0.000000185. The van der Waals surface area contributed by atoms with Crippen LogP contribution in [0.4, 0.5) is 0 Å². The number of nitrogens with zero attached hydrogens (tertiary/aromatic N) is 3. The van der Waals surface area contributed by atoms with E-state index >= 15 is 0 Å². The predicted octanol–water partition coefficient (Wildman–Crippen LogP) is 4.02. The Bertz CT molecular complexity index is 913. The summed E-state index contributed by atoms with van der Waals surface area (Å²) in [6, 6.07) is 16.8. The van der Waals surface area contributed by atoms with Gasteiger partial charge >= 0.3 is 0 Å². The molecule has 1 atom stereocenters. The number of hydrogen-bond acceptors (Lipinski definition) is 5. The summed E-state index contributed by atoms with van der Waals surface area (Å²) in [5.41, 5.74) is 3.51. The molecule has 0 aromatic heterocycles. The van der Waals surface area contributed by atoms with Gasteiger partial charge in [0, 0.05) is 24.2 Å². The molecule has 1 unspecified atom stereocenters. The second-order valence-electron chi connectivity index (χ2n) is 8.77. The molecule has 1 fully saturated rings. The predicted molar refractivity (Wildman–Crippen MR) is 118 cm³/mol. The van der Waals surface area contributed by atoms with Crippen LogP contribution >= 0.6 is 0 Å². The Kier molecular flexibility index (Phi) is 5.99. The second kappa shape index (κ2) is 8.67. The first-order valence-electron chi connectivity index (χ1n) is 10.8. The minimum Gasteiger partial charge on any atom is -0.497 e. The van der Waals surface area contributed by atoms with Gasteiger partial charge in [-0.3, -0.25) is 9.80 Å². The van der Waals surface area contributed by atoms with Crippen molar-refractivity contribution in [2.24, 2.45) is 5.92 Å². The van der Waals surface area contributed by atoms with Crippen molar-refractivity contribution in [1.82, 2.24) is 9.80 Å². The highest BCUT2D eigenvalue weighted by Gasteiger charge is 2.45. The third-order valence-electron chi connectivity index (χ3n) is 6.46. The van der Waals surface area contributed by atoms with Crippen molar-refractivity contribution in [1.29, 1.82) is 5.26 Å². The van der Waals surface area contributed by atoms with Crippen molar-refractivity contribution in [2.45, 2.75) is 31.9 Å². The van der Waals surface area contributed by atoms with Crippen molar-refractivity contribution >= 4 is 0 Å². The number of fused-ring (bicyclic) bond motifs is 1. The van der Waals surface area contributed by atoms with Crippen LogP contribution < -0.4 is 9.47 Å². The van der Waals surface area contributed by atoms with Crippen LogP contribution in [-0.4, -0.2) is 50.1 Å². The highest BCUT2D eigenvalue weighted by atomic mass is 16.5. The van der Waals surface area contributed by atoms with Crippen LogP contribution in [0.15, 0.2) is 42.5 Å². The van der Waals surface area contributed by atoms with Crippen LogP contribution in [0.1, 0.15) is 36.5 Å². The third kappa shape index (κ3) is 4.03. The summed E-state index contributed by atoms with van der Waals surface area (Å²) < 4.78 is 11.6. The van der Waals surface area contributed by atoms with E-state index in [4.69, 9.17) is 14.7 Å². The van der Waals surface area contributed by atoms with Crippen LogP contribution in [0.3, 0.4) is 0 Å². The number of ether oxygens (including phenoxy) is 2. The summed E-state index contributed by atoms with van der Waals surface area (Å²) in [7, 11) is 3.83. The van der Waals surface area contributed by atoms with E-state index in [2.05, 4.69) is 60.2 Å². The molecule has 30 heavy (non-hydrogen) atoms. The molecule has 4 bridgehead atoms. The fraction of sp³-hybridized carbons (Fsp3) is 0.480. The van der Waals surface area contributed by atoms with Crippen molar-refractivity contribution in [3.8, 4) is 17.6 Å². The average molecular weight is 406 g/mol. The van der Waals surface area contributed by atoms with Gasteiger partial charge in [-0.2, -0.15) is 5.26 Å². The summed E-state index contributed by atoms with van der Waals surface area (Å²) in [6.07, 6.45) is 2.53. The number of piperidine rings is 1. The topological polar surface area (TPSA) is 48.7 Å². The van der Waals surface area contributed by atoms with Crippen molar-refractivity contribution in [3.63, 3.8) is 0 Å². The zero-order valence-electron chi connectivity index (χ0n) is 18.2. The lowest BCUT2D eigenvalue weighted by Crippen LogP contribution is -2.50. The quantitative estimate of drug-likeness (QED) is 0.722. The molecule has 158 valence electrons. The molecule has 4 aliphatic rings. The Labute approximate surface area is 179 Å². The van der Waals surface area contributed by atoms with Gasteiger partial charge in [-0.1, -0.05) is 25.1 Å². The number of rotatable bonds is 3. The molecule has 4 aliphatic heterocycles. The number of nitriles is 1. The summed E-state index contributed by atoms with van der Waals surface area (Å²) >= 11 is 0. The zero-order valence-corrected chi connectivity index (χ0v) is 18.2. The summed E-state index contributed by atoms with van der Waals surface area (Å²) in [5, 5.41) is 8.39. The maximum absolute atomic E-state index is 8.39. The van der Waals surface area contributed by atoms with Crippen LogP contribution in [-0.2, 0) is 12.1 Å². The highest BCUT2D eigenvalue weighted by Crippen LogP contribution is 2.46. The molecule has 1 saturated heterocycles. The fourth-order valence-electron chi connectivity index (χ4n) is 4.74. The summed E-state index contributed by atoms with van der Waals surface area (Å²) in [4.78, 5) is 4.54. The van der Waals surface area contributed by atoms with E-state index < -0.39 is 0 Å². The molecular weight excluding hydrogens is 374 g/mol. The third-order valence-corrected chi connectivity index (χ3v) is 6.46. The Hall–Kier alpha value is -2.55. The molecule has 5 heteroatoms. The van der Waals surface area contributed by atoms with Crippen molar-refractivity contribution in [2.75, 3.05) is 40.3 Å². The van der Waals surface area contributed by atoms with Gasteiger partial charge in [0.2, 0.25) is 0 Å². The Morgan fingerprint density at radius 3 is 2.53 bits per heavy atom. The largest absolute Gasteiger partial charge is 0.497 e. The first-order valence-corrected chi connectivity index (χ1v) is 10.8. The van der Waals surface area contributed by atoms with Crippen molar-refractivity contribution in [3.05, 3.63) is 59.2 Å². The zero-order chi connectivity index (χ0) is 21.1. The lowest BCUT2D eigenvalue weighted by molar-refractivity contribution is 0.0415. The molecular formula is C25H31N3O2. The van der Waals surface area contributed by atoms with Gasteiger partial charge < -0.3 is 9.47 Å². The van der Waals surface area contributed by atoms with Gasteiger partial charge in [0.15, 0.2) is 5.60 Å². The van der Waals surface area contributed by atoms with E-state index in [0.29, 0.717) is 6.54 Å². The molecule has 0 spiro atoms. The molecule has 5 nitrogen and oxygen atoms in total. The van der Waals surface area contributed by atoms with Crippen LogP contribution in [0.2, 0.25) is 0 Å². The Morgan fingerprint density at radius 1 is 1.17 bits per heavy atom. The first-order chi connectivity index (χ1) is 14.5. The molecule has 6 rings (SSSR count).